The maximum Gasteiger partial charge on any atom is 0.180 e. The minimum Gasteiger partial charge on any atom is -0.375 e. The van der Waals surface area contributed by atoms with E-state index in [-0.39, 0.29) is 24.4 Å². The Bertz CT molecular complexity index is 580. The summed E-state index contributed by atoms with van der Waals surface area (Å²) in [6.45, 7) is 1.86. The summed E-state index contributed by atoms with van der Waals surface area (Å²) in [4.78, 5) is 15.9. The number of ketones is 1. The molecule has 0 bridgehead atoms. The van der Waals surface area contributed by atoms with Crippen molar-refractivity contribution >= 4 is 22.3 Å². The largest absolute Gasteiger partial charge is 0.375 e. The molecule has 0 radical (unpaired) electrons. The second-order valence-corrected chi connectivity index (χ2v) is 5.03. The molecule has 0 saturated heterocycles. The molecule has 2 aromatic rings. The van der Waals surface area contributed by atoms with Gasteiger partial charge >= 0.3 is 0 Å². The van der Waals surface area contributed by atoms with Crippen LogP contribution >= 0.6 is 11.3 Å². The average molecular weight is 264 g/mol. The van der Waals surface area contributed by atoms with Crippen LogP contribution in [0.4, 0.5) is 9.52 Å². The summed E-state index contributed by atoms with van der Waals surface area (Å²) < 4.78 is 13.1. The van der Waals surface area contributed by atoms with Crippen molar-refractivity contribution in [1.29, 1.82) is 0 Å². The van der Waals surface area contributed by atoms with Crippen LogP contribution in [0, 0.1) is 12.7 Å². The van der Waals surface area contributed by atoms with Crippen LogP contribution in [-0.4, -0.2) is 10.8 Å². The van der Waals surface area contributed by atoms with Gasteiger partial charge in [0, 0.05) is 18.2 Å². The monoisotopic (exact) mass is 264 g/mol. The zero-order valence-corrected chi connectivity index (χ0v) is 10.8. The number of nitrogen functional groups attached to an aromatic ring is 1. The molecule has 1 heterocycles. The predicted octanol–water partition coefficient (Wildman–Crippen LogP) is 2.53. The Kier molecular flexibility index (Phi) is 3.72. The second-order valence-electron chi connectivity index (χ2n) is 4.14. The number of benzene rings is 1. The highest BCUT2D eigenvalue weighted by atomic mass is 32.1. The molecule has 0 aliphatic rings. The van der Waals surface area contributed by atoms with Crippen LogP contribution in [0.3, 0.4) is 0 Å². The summed E-state index contributed by atoms with van der Waals surface area (Å²) in [7, 11) is 0. The maximum atomic E-state index is 13.1. The number of Topliss-reactive ketones (excluding diaryl/α,β-unsaturated/α-hetero) is 1. The van der Waals surface area contributed by atoms with Crippen LogP contribution in [0.2, 0.25) is 0 Å². The number of aromatic nitrogens is 1. The van der Waals surface area contributed by atoms with Gasteiger partial charge in [0.2, 0.25) is 0 Å². The van der Waals surface area contributed by atoms with Crippen LogP contribution in [0.5, 0.6) is 0 Å². The fraction of sp³-hybridized carbons (Fsp3) is 0.231. The molecule has 1 aromatic heterocycles. The van der Waals surface area contributed by atoms with Crippen molar-refractivity contribution < 1.29 is 9.18 Å². The smallest absolute Gasteiger partial charge is 0.180 e. The molecule has 0 amide bonds. The maximum absolute atomic E-state index is 13.1. The lowest BCUT2D eigenvalue weighted by molar-refractivity contribution is -0.117. The molecule has 2 N–H and O–H groups in total. The van der Waals surface area contributed by atoms with E-state index >= 15 is 0 Å². The van der Waals surface area contributed by atoms with E-state index in [1.165, 1.54) is 23.5 Å². The van der Waals surface area contributed by atoms with E-state index in [9.17, 15) is 9.18 Å². The van der Waals surface area contributed by atoms with Crippen molar-refractivity contribution in [2.75, 3.05) is 5.73 Å². The van der Waals surface area contributed by atoms with Gasteiger partial charge in [0.25, 0.3) is 0 Å². The Labute approximate surface area is 108 Å². The first-order valence-electron chi connectivity index (χ1n) is 5.51. The molecule has 2 rings (SSSR count). The van der Waals surface area contributed by atoms with Crippen LogP contribution in [0.15, 0.2) is 23.6 Å². The van der Waals surface area contributed by atoms with Gasteiger partial charge in [-0.2, -0.15) is 0 Å². The summed E-state index contributed by atoms with van der Waals surface area (Å²) in [5.74, 6) is -0.310. The van der Waals surface area contributed by atoms with Crippen LogP contribution < -0.4 is 5.73 Å². The number of carbonyl (C=O) groups is 1. The van der Waals surface area contributed by atoms with Gasteiger partial charge in [0.1, 0.15) is 11.6 Å². The van der Waals surface area contributed by atoms with E-state index in [2.05, 4.69) is 4.98 Å². The molecule has 1 aromatic carbocycles. The molecule has 18 heavy (non-hydrogen) atoms. The number of hydrogen-bond donors (Lipinski definition) is 1. The average Bonchev–Trinajstić information content (AvgIpc) is 2.69. The molecular formula is C13H13FN2OS. The van der Waals surface area contributed by atoms with E-state index < -0.39 is 0 Å². The highest BCUT2D eigenvalue weighted by molar-refractivity contribution is 7.13. The standard InChI is InChI=1S/C13H13FN2OS/c1-8-2-3-10(14)4-9(8)5-12(17)6-11-7-18-13(15)16-11/h2-4,7H,5-6H2,1H3,(H2,15,16). The first-order chi connectivity index (χ1) is 8.54. The molecular weight excluding hydrogens is 251 g/mol. The third-order valence-electron chi connectivity index (χ3n) is 2.65. The molecule has 5 heteroatoms. The number of aryl methyl sites for hydroxylation is 1. The van der Waals surface area contributed by atoms with E-state index in [0.717, 1.165) is 11.1 Å². The van der Waals surface area contributed by atoms with Crippen molar-refractivity contribution in [2.45, 2.75) is 19.8 Å². The summed E-state index contributed by atoms with van der Waals surface area (Å²) in [6, 6.07) is 4.48. The fourth-order valence-corrected chi connectivity index (χ4v) is 2.27. The van der Waals surface area contributed by atoms with Crippen molar-refractivity contribution in [1.82, 2.24) is 4.98 Å². The van der Waals surface area contributed by atoms with E-state index in [1.807, 2.05) is 6.92 Å². The summed E-state index contributed by atoms with van der Waals surface area (Å²) in [5.41, 5.74) is 7.82. The predicted molar refractivity (Wildman–Crippen MR) is 70.1 cm³/mol. The van der Waals surface area contributed by atoms with Crippen LogP contribution in [0.1, 0.15) is 16.8 Å². The van der Waals surface area contributed by atoms with Crippen molar-refractivity contribution in [3.05, 3.63) is 46.2 Å². The van der Waals surface area contributed by atoms with Gasteiger partial charge in [0.15, 0.2) is 5.13 Å². The van der Waals surface area contributed by atoms with Gasteiger partial charge in [-0.05, 0) is 30.2 Å². The summed E-state index contributed by atoms with van der Waals surface area (Å²) in [6.07, 6.45) is 0.463. The number of nitrogens with zero attached hydrogens (tertiary/aromatic N) is 1. The van der Waals surface area contributed by atoms with Crippen molar-refractivity contribution in [3.8, 4) is 0 Å². The lowest BCUT2D eigenvalue weighted by Crippen LogP contribution is -2.08. The van der Waals surface area contributed by atoms with Gasteiger partial charge < -0.3 is 5.73 Å². The number of thiazole rings is 1. The first kappa shape index (κ1) is 12.7. The number of nitrogens with two attached hydrogens (primary N) is 1. The van der Waals surface area contributed by atoms with Gasteiger partial charge in [-0.15, -0.1) is 11.3 Å². The normalized spacial score (nSPS) is 10.6. The second kappa shape index (κ2) is 5.27. The number of rotatable bonds is 4. The lowest BCUT2D eigenvalue weighted by atomic mass is 10.0. The van der Waals surface area contributed by atoms with Gasteiger partial charge in [-0.3, -0.25) is 4.79 Å². The topological polar surface area (TPSA) is 56.0 Å². The summed E-state index contributed by atoms with van der Waals surface area (Å²) >= 11 is 1.31. The van der Waals surface area contributed by atoms with E-state index in [0.29, 0.717) is 10.8 Å². The van der Waals surface area contributed by atoms with Crippen molar-refractivity contribution in [2.24, 2.45) is 0 Å². The Morgan fingerprint density at radius 2 is 2.22 bits per heavy atom. The molecule has 0 saturated carbocycles. The van der Waals surface area contributed by atoms with E-state index in [4.69, 9.17) is 5.73 Å². The minimum atomic E-state index is -0.318. The molecule has 94 valence electrons. The fourth-order valence-electron chi connectivity index (χ4n) is 1.71. The first-order valence-corrected chi connectivity index (χ1v) is 6.39. The van der Waals surface area contributed by atoms with Gasteiger partial charge in [-0.1, -0.05) is 6.07 Å². The van der Waals surface area contributed by atoms with Crippen LogP contribution in [-0.2, 0) is 17.6 Å². The third kappa shape index (κ3) is 3.13. The molecule has 0 aliphatic carbocycles. The molecule has 0 spiro atoms. The number of anilines is 1. The number of hydrogen-bond acceptors (Lipinski definition) is 4. The Balaban J connectivity index is 2.05. The zero-order chi connectivity index (χ0) is 13.1. The Morgan fingerprint density at radius 1 is 1.44 bits per heavy atom. The Hall–Kier alpha value is -1.75. The van der Waals surface area contributed by atoms with Crippen molar-refractivity contribution in [3.63, 3.8) is 0 Å². The van der Waals surface area contributed by atoms with Crippen LogP contribution in [0.25, 0.3) is 0 Å². The zero-order valence-electron chi connectivity index (χ0n) is 9.94. The SMILES string of the molecule is Cc1ccc(F)cc1CC(=O)Cc1csc(N)n1. The van der Waals surface area contributed by atoms with Gasteiger partial charge in [0.05, 0.1) is 5.69 Å². The lowest BCUT2D eigenvalue weighted by Gasteiger charge is -2.04. The highest BCUT2D eigenvalue weighted by Gasteiger charge is 2.10. The summed E-state index contributed by atoms with van der Waals surface area (Å²) in [5, 5.41) is 2.23. The number of halogens is 1. The van der Waals surface area contributed by atoms with E-state index in [1.54, 1.807) is 11.4 Å². The van der Waals surface area contributed by atoms with Gasteiger partial charge in [-0.25, -0.2) is 9.37 Å². The molecule has 0 atom stereocenters. The quantitative estimate of drug-likeness (QED) is 0.923. The molecule has 0 unspecified atom stereocenters. The Morgan fingerprint density at radius 3 is 2.89 bits per heavy atom. The third-order valence-corrected chi connectivity index (χ3v) is 3.37. The highest BCUT2D eigenvalue weighted by Crippen LogP contribution is 2.15. The number of carbonyl (C=O) groups excluding carboxylic acids is 1. The molecule has 0 aliphatic heterocycles. The molecule has 3 nitrogen and oxygen atoms in total. The molecule has 0 fully saturated rings. The minimum absolute atomic E-state index is 0.00833.